The zero-order chi connectivity index (χ0) is 18.4. The van der Waals surface area contributed by atoms with E-state index < -0.39 is 0 Å². The first kappa shape index (κ1) is 18.7. The Morgan fingerprint density at radius 1 is 1.12 bits per heavy atom. The van der Waals surface area contributed by atoms with Crippen molar-refractivity contribution >= 4 is 11.6 Å². The third-order valence-corrected chi connectivity index (χ3v) is 5.35. The molecule has 2 aromatic rings. The highest BCUT2D eigenvalue weighted by Gasteiger charge is 2.21. The van der Waals surface area contributed by atoms with Crippen LogP contribution in [0.25, 0.3) is 0 Å². The van der Waals surface area contributed by atoms with Crippen LogP contribution < -0.4 is 9.80 Å². The van der Waals surface area contributed by atoms with Gasteiger partial charge >= 0.3 is 0 Å². The lowest BCUT2D eigenvalue weighted by Crippen LogP contribution is -2.35. The number of hydrogen-bond donors (Lipinski definition) is 0. The zero-order valence-electron chi connectivity index (χ0n) is 16.5. The maximum absolute atomic E-state index is 4.72. The molecule has 3 rings (SSSR count). The van der Waals surface area contributed by atoms with E-state index in [0.29, 0.717) is 0 Å². The van der Waals surface area contributed by atoms with E-state index in [1.165, 1.54) is 37.7 Å². The van der Waals surface area contributed by atoms with Crippen LogP contribution >= 0.6 is 0 Å². The Hall–Kier alpha value is -2.10. The van der Waals surface area contributed by atoms with Crippen LogP contribution in [0.4, 0.5) is 11.6 Å². The molecule has 26 heavy (non-hydrogen) atoms. The first-order chi connectivity index (χ1) is 12.7. The molecule has 0 atom stereocenters. The van der Waals surface area contributed by atoms with Gasteiger partial charge in [0.2, 0.25) is 0 Å². The van der Waals surface area contributed by atoms with E-state index in [-0.39, 0.29) is 0 Å². The molecule has 4 heteroatoms. The summed E-state index contributed by atoms with van der Waals surface area (Å²) in [5.41, 5.74) is 1.46. The van der Waals surface area contributed by atoms with Gasteiger partial charge in [-0.2, -0.15) is 0 Å². The minimum absolute atomic E-state index is 0.781. The van der Waals surface area contributed by atoms with Gasteiger partial charge in [-0.25, -0.2) is 9.97 Å². The standard InChI is InChI=1S/C22H32N4/c1-4-5-13-25(3)21-17-22(24-18(2)23-21)26-14-11-20(12-15-26)16-19-9-7-6-8-10-19/h6-10,17,20H,4-5,11-16H2,1-3H3. The highest BCUT2D eigenvalue weighted by atomic mass is 15.2. The quantitative estimate of drug-likeness (QED) is 0.735. The Morgan fingerprint density at radius 3 is 2.54 bits per heavy atom. The molecule has 1 aromatic heterocycles. The summed E-state index contributed by atoms with van der Waals surface area (Å²) in [4.78, 5) is 14.0. The van der Waals surface area contributed by atoms with Crippen LogP contribution in [0.5, 0.6) is 0 Å². The summed E-state index contributed by atoms with van der Waals surface area (Å²) in [5.74, 6) is 3.79. The summed E-state index contributed by atoms with van der Waals surface area (Å²) in [6, 6.07) is 13.0. The highest BCUT2D eigenvalue weighted by molar-refractivity contribution is 5.51. The lowest BCUT2D eigenvalue weighted by atomic mass is 9.90. The second-order valence-electron chi connectivity index (χ2n) is 7.53. The van der Waals surface area contributed by atoms with Crippen LogP contribution in [-0.2, 0) is 6.42 Å². The third kappa shape index (κ3) is 4.96. The second kappa shape index (κ2) is 9.02. The Bertz CT molecular complexity index is 678. The molecule has 1 aliphatic rings. The van der Waals surface area contributed by atoms with Gasteiger partial charge in [0.1, 0.15) is 17.5 Å². The molecule has 0 bridgehead atoms. The van der Waals surface area contributed by atoms with Crippen molar-refractivity contribution in [1.29, 1.82) is 0 Å². The molecule has 0 radical (unpaired) electrons. The van der Waals surface area contributed by atoms with Gasteiger partial charge in [-0.1, -0.05) is 43.7 Å². The largest absolute Gasteiger partial charge is 0.360 e. The van der Waals surface area contributed by atoms with Crippen LogP contribution in [0.3, 0.4) is 0 Å². The minimum atomic E-state index is 0.781. The van der Waals surface area contributed by atoms with Crippen molar-refractivity contribution in [3.8, 4) is 0 Å². The number of benzene rings is 1. The number of hydrogen-bond acceptors (Lipinski definition) is 4. The lowest BCUT2D eigenvalue weighted by molar-refractivity contribution is 0.402. The average molecular weight is 353 g/mol. The van der Waals surface area contributed by atoms with Crippen LogP contribution in [-0.4, -0.2) is 36.6 Å². The van der Waals surface area contributed by atoms with Gasteiger partial charge < -0.3 is 9.80 Å². The van der Waals surface area contributed by atoms with Crippen molar-refractivity contribution in [3.05, 3.63) is 47.8 Å². The van der Waals surface area contributed by atoms with Gasteiger partial charge in [-0.15, -0.1) is 0 Å². The van der Waals surface area contributed by atoms with Crippen molar-refractivity contribution < 1.29 is 0 Å². The molecular weight excluding hydrogens is 320 g/mol. The van der Waals surface area contributed by atoms with E-state index in [2.05, 4.69) is 65.2 Å². The van der Waals surface area contributed by atoms with Crippen molar-refractivity contribution in [1.82, 2.24) is 9.97 Å². The fourth-order valence-electron chi connectivity index (χ4n) is 3.72. The molecule has 0 unspecified atom stereocenters. The van der Waals surface area contributed by atoms with E-state index >= 15 is 0 Å². The highest BCUT2D eigenvalue weighted by Crippen LogP contribution is 2.26. The summed E-state index contributed by atoms with van der Waals surface area (Å²) >= 11 is 0. The van der Waals surface area contributed by atoms with Gasteiger partial charge in [0.25, 0.3) is 0 Å². The van der Waals surface area contributed by atoms with Crippen molar-refractivity contribution in [2.75, 3.05) is 36.5 Å². The summed E-state index contributed by atoms with van der Waals surface area (Å²) in [6.45, 7) is 7.45. The van der Waals surface area contributed by atoms with E-state index in [1.54, 1.807) is 0 Å². The Kier molecular flexibility index (Phi) is 6.48. The normalized spacial score (nSPS) is 15.3. The maximum Gasteiger partial charge on any atom is 0.134 e. The van der Waals surface area contributed by atoms with Gasteiger partial charge in [0, 0.05) is 32.7 Å². The van der Waals surface area contributed by atoms with E-state index in [4.69, 9.17) is 4.98 Å². The predicted octanol–water partition coefficient (Wildman–Crippen LogP) is 4.48. The van der Waals surface area contributed by atoms with E-state index in [1.807, 2.05) is 6.92 Å². The van der Waals surface area contributed by atoms with E-state index in [0.717, 1.165) is 43.0 Å². The van der Waals surface area contributed by atoms with Gasteiger partial charge in [-0.3, -0.25) is 0 Å². The summed E-state index contributed by atoms with van der Waals surface area (Å²) < 4.78 is 0. The van der Waals surface area contributed by atoms with Crippen LogP contribution in [0.2, 0.25) is 0 Å². The summed E-state index contributed by atoms with van der Waals surface area (Å²) in [7, 11) is 2.13. The molecular formula is C22H32N4. The molecule has 0 aliphatic carbocycles. The molecule has 1 aromatic carbocycles. The van der Waals surface area contributed by atoms with E-state index in [9.17, 15) is 0 Å². The predicted molar refractivity (Wildman–Crippen MR) is 110 cm³/mol. The Morgan fingerprint density at radius 2 is 1.85 bits per heavy atom. The van der Waals surface area contributed by atoms with Crippen LogP contribution in [0, 0.1) is 12.8 Å². The fourth-order valence-corrected chi connectivity index (χ4v) is 3.72. The van der Waals surface area contributed by atoms with Crippen molar-refractivity contribution in [3.63, 3.8) is 0 Å². The zero-order valence-corrected chi connectivity index (χ0v) is 16.5. The number of aryl methyl sites for hydroxylation is 1. The molecule has 0 saturated carbocycles. The fraction of sp³-hybridized carbons (Fsp3) is 0.545. The lowest BCUT2D eigenvalue weighted by Gasteiger charge is -2.33. The molecule has 140 valence electrons. The molecule has 1 fully saturated rings. The monoisotopic (exact) mass is 352 g/mol. The minimum Gasteiger partial charge on any atom is -0.360 e. The average Bonchev–Trinajstić information content (AvgIpc) is 2.67. The third-order valence-electron chi connectivity index (χ3n) is 5.35. The van der Waals surface area contributed by atoms with Crippen LogP contribution in [0.1, 0.15) is 44.0 Å². The number of nitrogens with zero attached hydrogens (tertiary/aromatic N) is 4. The first-order valence-corrected chi connectivity index (χ1v) is 10.0. The summed E-state index contributed by atoms with van der Waals surface area (Å²) in [5, 5.41) is 0. The smallest absolute Gasteiger partial charge is 0.134 e. The first-order valence-electron chi connectivity index (χ1n) is 10.0. The van der Waals surface area contributed by atoms with Crippen LogP contribution in [0.15, 0.2) is 36.4 Å². The molecule has 1 aliphatic heterocycles. The molecule has 1 saturated heterocycles. The van der Waals surface area contributed by atoms with Crippen molar-refractivity contribution in [2.24, 2.45) is 5.92 Å². The van der Waals surface area contributed by atoms with Crippen molar-refractivity contribution in [2.45, 2.75) is 46.0 Å². The number of rotatable bonds is 7. The molecule has 0 N–H and O–H groups in total. The topological polar surface area (TPSA) is 32.3 Å². The Labute approximate surface area is 158 Å². The summed E-state index contributed by atoms with van der Waals surface area (Å²) in [6.07, 6.45) is 6.07. The van der Waals surface area contributed by atoms with Gasteiger partial charge in [-0.05, 0) is 44.1 Å². The second-order valence-corrected chi connectivity index (χ2v) is 7.53. The number of unbranched alkanes of at least 4 members (excludes halogenated alkanes) is 1. The van der Waals surface area contributed by atoms with Gasteiger partial charge in [0.15, 0.2) is 0 Å². The number of aromatic nitrogens is 2. The van der Waals surface area contributed by atoms with Gasteiger partial charge in [0.05, 0.1) is 0 Å². The maximum atomic E-state index is 4.72. The molecule has 4 nitrogen and oxygen atoms in total. The molecule has 2 heterocycles. The SMILES string of the molecule is CCCCN(C)c1cc(N2CCC(Cc3ccccc3)CC2)nc(C)n1. The number of anilines is 2. The molecule has 0 spiro atoms. The molecule has 0 amide bonds. The Balaban J connectivity index is 1.61. The number of piperidine rings is 1.